The van der Waals surface area contributed by atoms with Crippen molar-refractivity contribution in [3.8, 4) is 0 Å². The minimum atomic E-state index is -3.69. The average Bonchev–Trinajstić information content (AvgIpc) is 3.05. The quantitative estimate of drug-likeness (QED) is 0.594. The van der Waals surface area contributed by atoms with Gasteiger partial charge in [-0.05, 0) is 44.2 Å². The van der Waals surface area contributed by atoms with Gasteiger partial charge in [0.05, 0.1) is 10.4 Å². The molecule has 30 heavy (non-hydrogen) atoms. The monoisotopic (exact) mass is 439 g/mol. The Hall–Kier alpha value is -2.17. The fraction of sp³-hybridized carbons (Fsp3) is 0.600. The van der Waals surface area contributed by atoms with Gasteiger partial charge in [0.1, 0.15) is 0 Å². The Kier molecular flexibility index (Phi) is 7.32. The van der Waals surface area contributed by atoms with Crippen LogP contribution in [0.2, 0.25) is 0 Å². The number of hydrogen-bond donors (Lipinski definition) is 1. The smallest absolute Gasteiger partial charge is 0.408 e. The van der Waals surface area contributed by atoms with Gasteiger partial charge < -0.3 is 14.5 Å². The summed E-state index contributed by atoms with van der Waals surface area (Å²) in [6.45, 7) is 4.19. The molecule has 166 valence electrons. The molecule has 0 saturated carbocycles. The largest absolute Gasteiger partial charge is 0.419 e. The molecule has 1 aromatic carbocycles. The topological polar surface area (TPSA) is 111 Å². The molecule has 1 N–H and O–H groups in total. The third-order valence-electron chi connectivity index (χ3n) is 5.49. The summed E-state index contributed by atoms with van der Waals surface area (Å²) in [6, 6.07) is 4.54. The van der Waals surface area contributed by atoms with E-state index in [2.05, 4.69) is 5.32 Å². The number of sulfonamides is 1. The molecule has 3 rings (SSSR count). The minimum Gasteiger partial charge on any atom is -0.408 e. The van der Waals surface area contributed by atoms with Crippen molar-refractivity contribution in [3.05, 3.63) is 28.7 Å². The van der Waals surface area contributed by atoms with Crippen LogP contribution in [-0.2, 0) is 26.1 Å². The molecule has 1 aliphatic heterocycles. The van der Waals surface area contributed by atoms with Crippen molar-refractivity contribution < 1.29 is 22.4 Å². The fourth-order valence-electron chi connectivity index (χ4n) is 3.79. The number of aromatic nitrogens is 1. The van der Waals surface area contributed by atoms with Crippen molar-refractivity contribution in [3.63, 3.8) is 0 Å². The number of amides is 1. The van der Waals surface area contributed by atoms with Crippen molar-refractivity contribution in [2.75, 3.05) is 33.4 Å². The first-order chi connectivity index (χ1) is 14.4. The van der Waals surface area contributed by atoms with Crippen molar-refractivity contribution >= 4 is 27.0 Å². The molecule has 0 radical (unpaired) electrons. The molecule has 1 saturated heterocycles. The molecule has 1 amide bonds. The van der Waals surface area contributed by atoms with Gasteiger partial charge >= 0.3 is 5.76 Å². The van der Waals surface area contributed by atoms with E-state index in [1.807, 2.05) is 6.92 Å². The number of aryl methyl sites for hydroxylation is 1. The highest BCUT2D eigenvalue weighted by Crippen LogP contribution is 2.27. The van der Waals surface area contributed by atoms with Crippen LogP contribution in [0.4, 0.5) is 0 Å². The van der Waals surface area contributed by atoms with Gasteiger partial charge in [0.25, 0.3) is 0 Å². The maximum absolute atomic E-state index is 13.0. The van der Waals surface area contributed by atoms with Crippen LogP contribution in [0.3, 0.4) is 0 Å². The molecule has 0 spiro atoms. The van der Waals surface area contributed by atoms with Crippen LogP contribution in [0.15, 0.2) is 32.3 Å². The maximum atomic E-state index is 13.0. The van der Waals surface area contributed by atoms with E-state index < -0.39 is 15.8 Å². The summed E-state index contributed by atoms with van der Waals surface area (Å²) in [5, 5.41) is 2.87. The second kappa shape index (κ2) is 9.76. The summed E-state index contributed by atoms with van der Waals surface area (Å²) >= 11 is 0. The summed E-state index contributed by atoms with van der Waals surface area (Å²) in [7, 11) is -2.06. The van der Waals surface area contributed by atoms with Gasteiger partial charge in [0.15, 0.2) is 5.58 Å². The number of nitrogens with zero attached hydrogens (tertiary/aromatic N) is 2. The van der Waals surface area contributed by atoms with E-state index in [4.69, 9.17) is 9.15 Å². The molecular weight excluding hydrogens is 410 g/mol. The highest BCUT2D eigenvalue weighted by molar-refractivity contribution is 7.89. The zero-order valence-corrected chi connectivity index (χ0v) is 18.2. The number of ether oxygens (including phenoxy) is 1. The summed E-state index contributed by atoms with van der Waals surface area (Å²) < 4.78 is 39.1. The SMILES string of the molecule is CCn1c(=O)oc2cc(S(=O)(=O)N3CCC(CC(=O)NCCCOC)CC3)ccc21. The number of hydrogen-bond acceptors (Lipinski definition) is 6. The molecule has 0 unspecified atom stereocenters. The lowest BCUT2D eigenvalue weighted by atomic mass is 9.94. The lowest BCUT2D eigenvalue weighted by Gasteiger charge is -2.31. The van der Waals surface area contributed by atoms with Crippen molar-refractivity contribution in [2.45, 2.75) is 44.0 Å². The van der Waals surface area contributed by atoms with Gasteiger partial charge in [-0.15, -0.1) is 0 Å². The molecule has 0 bridgehead atoms. The number of carbonyl (C=O) groups excluding carboxylic acids is 1. The molecule has 0 aliphatic carbocycles. The Bertz CT molecular complexity index is 1030. The van der Waals surface area contributed by atoms with Gasteiger partial charge in [0.2, 0.25) is 15.9 Å². The van der Waals surface area contributed by atoms with E-state index in [1.54, 1.807) is 13.2 Å². The van der Waals surface area contributed by atoms with Gasteiger partial charge in [-0.1, -0.05) is 0 Å². The molecular formula is C20H29N3O6S. The number of benzene rings is 1. The van der Waals surface area contributed by atoms with E-state index in [0.29, 0.717) is 57.6 Å². The Morgan fingerprint density at radius 2 is 2.03 bits per heavy atom. The lowest BCUT2D eigenvalue weighted by molar-refractivity contribution is -0.122. The van der Waals surface area contributed by atoms with Crippen LogP contribution in [0.25, 0.3) is 11.1 Å². The minimum absolute atomic E-state index is 0.00618. The maximum Gasteiger partial charge on any atom is 0.419 e. The van der Waals surface area contributed by atoms with Crippen LogP contribution in [0.5, 0.6) is 0 Å². The van der Waals surface area contributed by atoms with Crippen LogP contribution in [-0.4, -0.2) is 56.5 Å². The molecule has 1 aliphatic rings. The summed E-state index contributed by atoms with van der Waals surface area (Å²) in [5.74, 6) is -0.338. The third-order valence-corrected chi connectivity index (χ3v) is 7.38. The number of methoxy groups -OCH3 is 1. The Morgan fingerprint density at radius 1 is 1.30 bits per heavy atom. The van der Waals surface area contributed by atoms with Crippen molar-refractivity contribution in [2.24, 2.45) is 5.92 Å². The average molecular weight is 440 g/mol. The Labute approximate surface area is 176 Å². The lowest BCUT2D eigenvalue weighted by Crippen LogP contribution is -2.39. The van der Waals surface area contributed by atoms with Gasteiger partial charge in [0, 0.05) is 52.4 Å². The van der Waals surface area contributed by atoms with Crippen molar-refractivity contribution in [1.82, 2.24) is 14.2 Å². The third kappa shape index (κ3) is 4.93. The van der Waals surface area contributed by atoms with E-state index in [9.17, 15) is 18.0 Å². The second-order valence-corrected chi connectivity index (χ2v) is 9.43. The molecule has 1 fully saturated rings. The number of oxazole rings is 1. The predicted molar refractivity (Wildman–Crippen MR) is 112 cm³/mol. The highest BCUT2D eigenvalue weighted by Gasteiger charge is 2.30. The first-order valence-corrected chi connectivity index (χ1v) is 11.7. The standard InChI is InChI=1S/C20H29N3O6S/c1-3-23-17-6-5-16(14-18(17)29-20(23)25)30(26,27)22-10-7-15(8-11-22)13-19(24)21-9-4-12-28-2/h5-6,14-15H,3-4,7-13H2,1-2H3,(H,21,24). The van der Waals surface area contributed by atoms with Crippen LogP contribution in [0.1, 0.15) is 32.6 Å². The Morgan fingerprint density at radius 3 is 2.70 bits per heavy atom. The van der Waals surface area contributed by atoms with E-state index in [-0.39, 0.29) is 22.3 Å². The first-order valence-electron chi connectivity index (χ1n) is 10.3. The summed E-state index contributed by atoms with van der Waals surface area (Å²) in [4.78, 5) is 24.0. The van der Waals surface area contributed by atoms with Gasteiger partial charge in [-0.25, -0.2) is 13.2 Å². The number of fused-ring (bicyclic) bond motifs is 1. The highest BCUT2D eigenvalue weighted by atomic mass is 32.2. The molecule has 9 nitrogen and oxygen atoms in total. The van der Waals surface area contributed by atoms with E-state index >= 15 is 0 Å². The molecule has 0 atom stereocenters. The normalized spacial score (nSPS) is 16.2. The molecule has 2 aromatic rings. The van der Waals surface area contributed by atoms with E-state index in [0.717, 1.165) is 6.42 Å². The van der Waals surface area contributed by atoms with Crippen molar-refractivity contribution in [1.29, 1.82) is 0 Å². The second-order valence-electron chi connectivity index (χ2n) is 7.49. The number of carbonyl (C=O) groups is 1. The zero-order valence-electron chi connectivity index (χ0n) is 17.4. The summed E-state index contributed by atoms with van der Waals surface area (Å²) in [6.07, 6.45) is 2.44. The van der Waals surface area contributed by atoms with Gasteiger partial charge in [-0.3, -0.25) is 9.36 Å². The number of piperidine rings is 1. The Balaban J connectivity index is 1.60. The fourth-order valence-corrected chi connectivity index (χ4v) is 5.27. The molecule has 10 heteroatoms. The zero-order chi connectivity index (χ0) is 21.7. The number of rotatable bonds is 9. The molecule has 2 heterocycles. The van der Waals surface area contributed by atoms with Crippen LogP contribution >= 0.6 is 0 Å². The van der Waals surface area contributed by atoms with Gasteiger partial charge in [-0.2, -0.15) is 4.31 Å². The van der Waals surface area contributed by atoms with E-state index in [1.165, 1.54) is 21.0 Å². The molecule has 1 aromatic heterocycles. The first kappa shape index (κ1) is 22.5. The number of nitrogens with one attached hydrogen (secondary N) is 1. The van der Waals surface area contributed by atoms with Crippen LogP contribution < -0.4 is 11.1 Å². The summed E-state index contributed by atoms with van der Waals surface area (Å²) in [5.41, 5.74) is 0.847. The van der Waals surface area contributed by atoms with Crippen LogP contribution in [0, 0.1) is 5.92 Å². The predicted octanol–water partition coefficient (Wildman–Crippen LogP) is 1.56.